The lowest BCUT2D eigenvalue weighted by molar-refractivity contribution is 1.16. The van der Waals surface area contributed by atoms with Crippen molar-refractivity contribution in [3.8, 4) is 6.07 Å². The molecule has 0 atom stereocenters. The number of nitrogens with two attached hydrogens (primary N) is 1. The maximum Gasteiger partial charge on any atom is 0.157 e. The lowest BCUT2D eigenvalue weighted by Crippen LogP contribution is -1.94. The lowest BCUT2D eigenvalue weighted by Gasteiger charge is -2.00. The van der Waals surface area contributed by atoms with Gasteiger partial charge in [0, 0.05) is 5.69 Å². The summed E-state index contributed by atoms with van der Waals surface area (Å²) in [7, 11) is 0. The van der Waals surface area contributed by atoms with Crippen molar-refractivity contribution in [1.82, 2.24) is 4.98 Å². The number of rotatable bonds is 0. The van der Waals surface area contributed by atoms with Crippen molar-refractivity contribution in [1.29, 1.82) is 5.26 Å². The van der Waals surface area contributed by atoms with Gasteiger partial charge in [-0.25, -0.2) is 4.98 Å². The van der Waals surface area contributed by atoms with E-state index in [2.05, 4.69) is 20.9 Å². The fourth-order valence-corrected chi connectivity index (χ4v) is 1.05. The number of pyridine rings is 1. The SMILES string of the molecule is Cc1cc(N)c(Br)c(C#N)n1. The van der Waals surface area contributed by atoms with E-state index < -0.39 is 0 Å². The Kier molecular flexibility index (Phi) is 2.11. The van der Waals surface area contributed by atoms with E-state index in [-0.39, 0.29) is 0 Å². The van der Waals surface area contributed by atoms with Gasteiger partial charge in [0.25, 0.3) is 0 Å². The van der Waals surface area contributed by atoms with Crippen LogP contribution in [-0.2, 0) is 0 Å². The van der Waals surface area contributed by atoms with Crippen molar-refractivity contribution in [3.05, 3.63) is 21.9 Å². The van der Waals surface area contributed by atoms with Gasteiger partial charge in [0.05, 0.1) is 10.2 Å². The number of aromatic nitrogens is 1. The number of aryl methyl sites for hydroxylation is 1. The number of nitriles is 1. The Labute approximate surface area is 73.0 Å². The van der Waals surface area contributed by atoms with Crippen LogP contribution >= 0.6 is 15.9 Å². The van der Waals surface area contributed by atoms with Crippen LogP contribution in [0.1, 0.15) is 11.4 Å². The van der Waals surface area contributed by atoms with Crippen LogP contribution in [-0.4, -0.2) is 4.98 Å². The van der Waals surface area contributed by atoms with Gasteiger partial charge in [-0.05, 0) is 28.9 Å². The Balaban J connectivity index is 3.39. The third-order valence-electron chi connectivity index (χ3n) is 1.22. The topological polar surface area (TPSA) is 62.7 Å². The van der Waals surface area contributed by atoms with E-state index in [1.54, 1.807) is 13.0 Å². The summed E-state index contributed by atoms with van der Waals surface area (Å²) >= 11 is 3.16. The van der Waals surface area contributed by atoms with E-state index in [9.17, 15) is 0 Å². The summed E-state index contributed by atoms with van der Waals surface area (Å²) in [5.74, 6) is 0. The molecular formula is C7H6BrN3. The highest BCUT2D eigenvalue weighted by molar-refractivity contribution is 9.10. The fraction of sp³-hybridized carbons (Fsp3) is 0.143. The molecule has 0 aliphatic rings. The summed E-state index contributed by atoms with van der Waals surface area (Å²) in [6, 6.07) is 3.65. The fourth-order valence-electron chi connectivity index (χ4n) is 0.757. The second-order valence-electron chi connectivity index (χ2n) is 2.13. The molecule has 0 amide bonds. The zero-order chi connectivity index (χ0) is 8.43. The van der Waals surface area contributed by atoms with Gasteiger partial charge in [-0.1, -0.05) is 0 Å². The van der Waals surface area contributed by atoms with Gasteiger partial charge < -0.3 is 5.73 Å². The first-order chi connectivity index (χ1) is 5.15. The summed E-state index contributed by atoms with van der Waals surface area (Å²) in [6.07, 6.45) is 0. The Morgan fingerprint density at radius 2 is 2.36 bits per heavy atom. The molecule has 0 bridgehead atoms. The second-order valence-corrected chi connectivity index (χ2v) is 2.92. The van der Waals surface area contributed by atoms with E-state index in [4.69, 9.17) is 11.0 Å². The smallest absolute Gasteiger partial charge is 0.157 e. The number of halogens is 1. The first kappa shape index (κ1) is 8.02. The van der Waals surface area contributed by atoms with Gasteiger partial charge in [0.2, 0.25) is 0 Å². The van der Waals surface area contributed by atoms with Crippen LogP contribution in [0.15, 0.2) is 10.5 Å². The van der Waals surface area contributed by atoms with Gasteiger partial charge in [0.15, 0.2) is 5.69 Å². The van der Waals surface area contributed by atoms with Gasteiger partial charge in [-0.15, -0.1) is 0 Å². The molecule has 1 heterocycles. The molecule has 1 rings (SSSR count). The Bertz CT molecular complexity index is 327. The zero-order valence-corrected chi connectivity index (χ0v) is 7.51. The number of anilines is 1. The van der Waals surface area contributed by atoms with Gasteiger partial charge in [-0.2, -0.15) is 5.26 Å². The van der Waals surface area contributed by atoms with Crippen LogP contribution in [0.25, 0.3) is 0 Å². The predicted octanol–water partition coefficient (Wildman–Crippen LogP) is 1.61. The minimum absolute atomic E-state index is 0.336. The van der Waals surface area contributed by atoms with E-state index in [0.717, 1.165) is 5.69 Å². The van der Waals surface area contributed by atoms with E-state index in [1.807, 2.05) is 6.07 Å². The molecule has 0 saturated carbocycles. The zero-order valence-electron chi connectivity index (χ0n) is 5.93. The molecule has 0 spiro atoms. The molecule has 56 valence electrons. The maximum atomic E-state index is 8.57. The highest BCUT2D eigenvalue weighted by Crippen LogP contribution is 2.22. The van der Waals surface area contributed by atoms with Gasteiger partial charge in [-0.3, -0.25) is 0 Å². The molecule has 0 aliphatic heterocycles. The molecule has 0 fully saturated rings. The maximum absolute atomic E-state index is 8.57. The highest BCUT2D eigenvalue weighted by Gasteiger charge is 2.04. The Hall–Kier alpha value is -1.08. The molecule has 0 unspecified atom stereocenters. The van der Waals surface area contributed by atoms with E-state index in [1.165, 1.54) is 0 Å². The van der Waals surface area contributed by atoms with E-state index in [0.29, 0.717) is 15.9 Å². The number of nitrogens with zero attached hydrogens (tertiary/aromatic N) is 2. The lowest BCUT2D eigenvalue weighted by atomic mass is 10.3. The molecule has 2 N–H and O–H groups in total. The average Bonchev–Trinajstić information content (AvgIpc) is 1.96. The van der Waals surface area contributed by atoms with Crippen molar-refractivity contribution in [2.75, 3.05) is 5.73 Å². The minimum Gasteiger partial charge on any atom is -0.398 e. The molecule has 1 aromatic rings. The van der Waals surface area contributed by atoms with Crippen molar-refractivity contribution in [2.45, 2.75) is 6.92 Å². The molecule has 4 heteroatoms. The largest absolute Gasteiger partial charge is 0.398 e. The molecule has 11 heavy (non-hydrogen) atoms. The van der Waals surface area contributed by atoms with Crippen molar-refractivity contribution >= 4 is 21.6 Å². The van der Waals surface area contributed by atoms with Crippen LogP contribution in [0.4, 0.5) is 5.69 Å². The molecule has 0 radical (unpaired) electrons. The van der Waals surface area contributed by atoms with Crippen LogP contribution in [0, 0.1) is 18.3 Å². The van der Waals surface area contributed by atoms with Gasteiger partial charge in [0.1, 0.15) is 6.07 Å². The van der Waals surface area contributed by atoms with Gasteiger partial charge >= 0.3 is 0 Å². The van der Waals surface area contributed by atoms with Crippen LogP contribution in [0.5, 0.6) is 0 Å². The van der Waals surface area contributed by atoms with Crippen LogP contribution in [0.3, 0.4) is 0 Å². The average molecular weight is 212 g/mol. The molecule has 0 aliphatic carbocycles. The first-order valence-corrected chi connectivity index (χ1v) is 3.77. The van der Waals surface area contributed by atoms with Crippen molar-refractivity contribution < 1.29 is 0 Å². The van der Waals surface area contributed by atoms with Crippen molar-refractivity contribution in [3.63, 3.8) is 0 Å². The monoisotopic (exact) mass is 211 g/mol. The molecular weight excluding hydrogens is 206 g/mol. The third kappa shape index (κ3) is 1.49. The number of hydrogen-bond donors (Lipinski definition) is 1. The minimum atomic E-state index is 0.336. The highest BCUT2D eigenvalue weighted by atomic mass is 79.9. The Morgan fingerprint density at radius 1 is 1.73 bits per heavy atom. The van der Waals surface area contributed by atoms with Crippen LogP contribution < -0.4 is 5.73 Å². The first-order valence-electron chi connectivity index (χ1n) is 2.98. The quantitative estimate of drug-likeness (QED) is 0.710. The number of hydrogen-bond acceptors (Lipinski definition) is 3. The van der Waals surface area contributed by atoms with E-state index >= 15 is 0 Å². The predicted molar refractivity (Wildman–Crippen MR) is 45.8 cm³/mol. The summed E-state index contributed by atoms with van der Waals surface area (Å²) in [5, 5.41) is 8.57. The summed E-state index contributed by atoms with van der Waals surface area (Å²) < 4.78 is 0.575. The molecule has 1 aromatic heterocycles. The molecule has 3 nitrogen and oxygen atoms in total. The third-order valence-corrected chi connectivity index (χ3v) is 2.05. The van der Waals surface area contributed by atoms with Crippen molar-refractivity contribution in [2.24, 2.45) is 0 Å². The Morgan fingerprint density at radius 3 is 2.91 bits per heavy atom. The molecule has 0 saturated heterocycles. The number of nitrogen functional groups attached to an aromatic ring is 1. The second kappa shape index (κ2) is 2.89. The summed E-state index contributed by atoms with van der Waals surface area (Å²) in [6.45, 7) is 1.80. The standard InChI is InChI=1S/C7H6BrN3/c1-4-2-5(10)7(8)6(3-9)11-4/h2H,1H3,(H2,10,11). The summed E-state index contributed by atoms with van der Waals surface area (Å²) in [5.41, 5.74) is 7.20. The normalized spacial score (nSPS) is 9.18. The molecule has 0 aromatic carbocycles. The van der Waals surface area contributed by atoms with Crippen LogP contribution in [0.2, 0.25) is 0 Å². The summed E-state index contributed by atoms with van der Waals surface area (Å²) in [4.78, 5) is 3.96.